The van der Waals surface area contributed by atoms with E-state index in [1.54, 1.807) is 6.20 Å². The predicted octanol–water partition coefficient (Wildman–Crippen LogP) is 2.42. The number of carbonyl (C=O) groups is 1. The van der Waals surface area contributed by atoms with Gasteiger partial charge in [-0.1, -0.05) is 24.3 Å². The molecule has 1 amide bonds. The number of aromatic nitrogens is 1. The van der Waals surface area contributed by atoms with E-state index >= 15 is 0 Å². The van der Waals surface area contributed by atoms with Crippen LogP contribution in [0.25, 0.3) is 0 Å². The molecule has 1 aromatic carbocycles. The van der Waals surface area contributed by atoms with Crippen molar-refractivity contribution < 1.29 is 9.90 Å². The van der Waals surface area contributed by atoms with Crippen LogP contribution in [0.5, 0.6) is 0 Å². The van der Waals surface area contributed by atoms with Crippen LogP contribution in [-0.4, -0.2) is 47.1 Å². The van der Waals surface area contributed by atoms with Crippen molar-refractivity contribution in [3.8, 4) is 0 Å². The van der Waals surface area contributed by atoms with E-state index in [4.69, 9.17) is 0 Å². The molecule has 0 spiro atoms. The maximum absolute atomic E-state index is 12.7. The average Bonchev–Trinajstić information content (AvgIpc) is 3.13. The Labute approximate surface area is 154 Å². The number of fused-ring (bicyclic) bond motifs is 1. The Morgan fingerprint density at radius 2 is 1.88 bits per heavy atom. The maximum atomic E-state index is 12.7. The molecule has 0 radical (unpaired) electrons. The number of hydrogen-bond donors (Lipinski definition) is 1. The lowest BCUT2D eigenvalue weighted by atomic mass is 9.89. The van der Waals surface area contributed by atoms with Crippen LogP contribution in [0, 0.1) is 5.92 Å². The number of para-hydroxylation sites is 1. The second-order valence-electron chi connectivity index (χ2n) is 7.24. The quantitative estimate of drug-likeness (QED) is 0.919. The first-order valence-electron chi connectivity index (χ1n) is 9.42. The second kappa shape index (κ2) is 7.56. The van der Waals surface area contributed by atoms with Gasteiger partial charge in [0.1, 0.15) is 0 Å². The molecule has 136 valence electrons. The number of piperidine rings is 1. The lowest BCUT2D eigenvalue weighted by molar-refractivity contribution is -0.120. The Kier molecular flexibility index (Phi) is 5.00. The number of nitrogens with zero attached hydrogens (tertiary/aromatic N) is 3. The minimum Gasteiger partial charge on any atom is -0.387 e. The summed E-state index contributed by atoms with van der Waals surface area (Å²) in [5.41, 5.74) is 3.08. The third-order valence-corrected chi connectivity index (χ3v) is 5.62. The fourth-order valence-electron chi connectivity index (χ4n) is 4.09. The van der Waals surface area contributed by atoms with E-state index in [9.17, 15) is 9.90 Å². The normalized spacial score (nSPS) is 19.3. The van der Waals surface area contributed by atoms with Crippen molar-refractivity contribution in [3.63, 3.8) is 0 Å². The van der Waals surface area contributed by atoms with E-state index in [-0.39, 0.29) is 11.8 Å². The zero-order valence-electron chi connectivity index (χ0n) is 14.9. The highest BCUT2D eigenvalue weighted by Crippen LogP contribution is 2.30. The van der Waals surface area contributed by atoms with Gasteiger partial charge in [-0.05, 0) is 62.0 Å². The van der Waals surface area contributed by atoms with Gasteiger partial charge in [0.25, 0.3) is 0 Å². The fourth-order valence-corrected chi connectivity index (χ4v) is 4.09. The number of amides is 1. The monoisotopic (exact) mass is 351 g/mol. The van der Waals surface area contributed by atoms with Crippen LogP contribution in [-0.2, 0) is 11.2 Å². The van der Waals surface area contributed by atoms with Gasteiger partial charge in [-0.3, -0.25) is 14.7 Å². The number of rotatable bonds is 4. The van der Waals surface area contributed by atoms with Gasteiger partial charge in [-0.15, -0.1) is 0 Å². The van der Waals surface area contributed by atoms with Gasteiger partial charge in [-0.25, -0.2) is 0 Å². The molecule has 2 aliphatic heterocycles. The Hall–Kier alpha value is -2.24. The van der Waals surface area contributed by atoms with Gasteiger partial charge in [0.15, 0.2) is 0 Å². The maximum Gasteiger partial charge on any atom is 0.241 e. The van der Waals surface area contributed by atoms with E-state index < -0.39 is 6.10 Å². The first-order chi connectivity index (χ1) is 12.7. The summed E-state index contributed by atoms with van der Waals surface area (Å²) in [4.78, 5) is 21.1. The highest BCUT2D eigenvalue weighted by molar-refractivity contribution is 5.96. The van der Waals surface area contributed by atoms with Gasteiger partial charge >= 0.3 is 0 Å². The van der Waals surface area contributed by atoms with E-state index in [1.807, 2.05) is 41.3 Å². The minimum atomic E-state index is -0.514. The van der Waals surface area contributed by atoms with E-state index in [0.717, 1.165) is 50.3 Å². The summed E-state index contributed by atoms with van der Waals surface area (Å²) in [6.45, 7) is 2.93. The summed E-state index contributed by atoms with van der Waals surface area (Å²) in [6.07, 6.45) is 3.93. The van der Waals surface area contributed by atoms with Crippen molar-refractivity contribution in [3.05, 3.63) is 59.9 Å². The fraction of sp³-hybridized carbons (Fsp3) is 0.429. The molecule has 4 rings (SSSR count). The first-order valence-corrected chi connectivity index (χ1v) is 9.42. The van der Waals surface area contributed by atoms with Gasteiger partial charge in [0.05, 0.1) is 18.3 Å². The average molecular weight is 351 g/mol. The molecule has 2 aromatic rings. The Bertz CT molecular complexity index is 757. The molecule has 1 atom stereocenters. The molecule has 5 nitrogen and oxygen atoms in total. The van der Waals surface area contributed by atoms with Crippen LogP contribution in [0.2, 0.25) is 0 Å². The highest BCUT2D eigenvalue weighted by Gasteiger charge is 2.30. The van der Waals surface area contributed by atoms with Crippen molar-refractivity contribution in [2.45, 2.75) is 25.4 Å². The number of anilines is 1. The number of benzene rings is 1. The van der Waals surface area contributed by atoms with Gasteiger partial charge in [-0.2, -0.15) is 0 Å². The molecule has 0 saturated carbocycles. The molecule has 5 heteroatoms. The Balaban J connectivity index is 1.31. The summed E-state index contributed by atoms with van der Waals surface area (Å²) >= 11 is 0. The third-order valence-electron chi connectivity index (χ3n) is 5.62. The van der Waals surface area contributed by atoms with E-state index in [0.29, 0.717) is 6.54 Å². The molecule has 3 heterocycles. The predicted molar refractivity (Wildman–Crippen MR) is 101 cm³/mol. The van der Waals surface area contributed by atoms with Crippen molar-refractivity contribution in [2.24, 2.45) is 5.92 Å². The summed E-state index contributed by atoms with van der Waals surface area (Å²) in [6, 6.07) is 13.8. The summed E-state index contributed by atoms with van der Waals surface area (Å²) in [5, 5.41) is 10.5. The topological polar surface area (TPSA) is 56.7 Å². The number of pyridine rings is 1. The van der Waals surface area contributed by atoms with Crippen LogP contribution in [0.15, 0.2) is 48.7 Å². The number of hydrogen-bond acceptors (Lipinski definition) is 4. The molecule has 1 saturated heterocycles. The van der Waals surface area contributed by atoms with Crippen LogP contribution in [0.4, 0.5) is 5.69 Å². The summed E-state index contributed by atoms with van der Waals surface area (Å²) < 4.78 is 0. The van der Waals surface area contributed by atoms with Gasteiger partial charge in [0, 0.05) is 18.4 Å². The Morgan fingerprint density at radius 1 is 1.12 bits per heavy atom. The second-order valence-corrected chi connectivity index (χ2v) is 7.24. The molecule has 2 aliphatic rings. The summed E-state index contributed by atoms with van der Waals surface area (Å²) in [5.74, 6) is 0.391. The van der Waals surface area contributed by atoms with E-state index in [1.165, 1.54) is 5.56 Å². The van der Waals surface area contributed by atoms with Crippen molar-refractivity contribution in [1.82, 2.24) is 9.88 Å². The van der Waals surface area contributed by atoms with Crippen LogP contribution in [0.3, 0.4) is 0 Å². The molecule has 1 N–H and O–H groups in total. The molecule has 1 aromatic heterocycles. The van der Waals surface area contributed by atoms with E-state index in [2.05, 4.69) is 16.0 Å². The standard InChI is InChI=1S/C21H25N3O2/c25-20(24-14-10-16-5-1-2-7-19(16)24)15-23-12-8-17(9-13-23)21(26)18-6-3-4-11-22-18/h1-7,11,17,21,26H,8-10,12-15H2. The SMILES string of the molecule is O=C(CN1CCC(C(O)c2ccccn2)CC1)N1CCc2ccccc21. The molecular weight excluding hydrogens is 326 g/mol. The lowest BCUT2D eigenvalue weighted by Gasteiger charge is -2.34. The lowest BCUT2D eigenvalue weighted by Crippen LogP contribution is -2.43. The van der Waals surface area contributed by atoms with Crippen LogP contribution < -0.4 is 4.90 Å². The van der Waals surface area contributed by atoms with Crippen LogP contribution >= 0.6 is 0 Å². The number of aliphatic hydroxyl groups is 1. The third kappa shape index (κ3) is 3.50. The van der Waals surface area contributed by atoms with Crippen molar-refractivity contribution >= 4 is 11.6 Å². The van der Waals surface area contributed by atoms with Crippen molar-refractivity contribution in [1.29, 1.82) is 0 Å². The Morgan fingerprint density at radius 3 is 2.65 bits per heavy atom. The molecule has 1 unspecified atom stereocenters. The molecular formula is C21H25N3O2. The first kappa shape index (κ1) is 17.2. The van der Waals surface area contributed by atoms with Crippen LogP contribution in [0.1, 0.15) is 30.2 Å². The number of aliphatic hydroxyl groups excluding tert-OH is 1. The van der Waals surface area contributed by atoms with Gasteiger partial charge < -0.3 is 10.0 Å². The zero-order valence-corrected chi connectivity index (χ0v) is 14.9. The zero-order chi connectivity index (χ0) is 17.9. The molecule has 1 fully saturated rings. The number of carbonyl (C=O) groups excluding carboxylic acids is 1. The molecule has 0 aliphatic carbocycles. The number of likely N-dealkylation sites (tertiary alicyclic amines) is 1. The summed E-state index contributed by atoms with van der Waals surface area (Å²) in [7, 11) is 0. The van der Waals surface area contributed by atoms with Gasteiger partial charge in [0.2, 0.25) is 5.91 Å². The largest absolute Gasteiger partial charge is 0.387 e. The van der Waals surface area contributed by atoms with Crippen molar-refractivity contribution in [2.75, 3.05) is 31.1 Å². The highest BCUT2D eigenvalue weighted by atomic mass is 16.3. The smallest absolute Gasteiger partial charge is 0.241 e. The molecule has 26 heavy (non-hydrogen) atoms. The molecule has 0 bridgehead atoms. The minimum absolute atomic E-state index is 0.179.